The van der Waals surface area contributed by atoms with Crippen molar-refractivity contribution in [3.05, 3.63) is 56.7 Å². The lowest BCUT2D eigenvalue weighted by atomic mass is 10.1. The summed E-state index contributed by atoms with van der Waals surface area (Å²) in [4.78, 5) is 1.55. The van der Waals surface area contributed by atoms with Gasteiger partial charge in [0.1, 0.15) is 0 Å². The molecule has 0 saturated heterocycles. The van der Waals surface area contributed by atoms with Crippen LogP contribution in [0.15, 0.2) is 35.7 Å². The molecule has 1 heterocycles. The van der Waals surface area contributed by atoms with Gasteiger partial charge >= 0.3 is 0 Å². The molecule has 1 atom stereocenters. The van der Waals surface area contributed by atoms with Crippen LogP contribution in [0.5, 0.6) is 0 Å². The SMILES string of the molecule is Cc1cc(Cl)cc(C(Br)c2cccs2)c1. The van der Waals surface area contributed by atoms with Crippen LogP contribution < -0.4 is 0 Å². The van der Waals surface area contributed by atoms with Gasteiger partial charge in [-0.3, -0.25) is 0 Å². The summed E-state index contributed by atoms with van der Waals surface area (Å²) in [7, 11) is 0. The topological polar surface area (TPSA) is 0 Å². The number of thiophene rings is 1. The van der Waals surface area contributed by atoms with Crippen molar-refractivity contribution in [2.24, 2.45) is 0 Å². The van der Waals surface area contributed by atoms with Crippen LogP contribution in [0, 0.1) is 6.92 Å². The van der Waals surface area contributed by atoms with E-state index in [0.29, 0.717) is 0 Å². The van der Waals surface area contributed by atoms with Crippen molar-refractivity contribution in [1.82, 2.24) is 0 Å². The zero-order chi connectivity index (χ0) is 10.8. The van der Waals surface area contributed by atoms with E-state index in [-0.39, 0.29) is 4.83 Å². The minimum atomic E-state index is 0.245. The fraction of sp³-hybridized carbons (Fsp3) is 0.167. The summed E-state index contributed by atoms with van der Waals surface area (Å²) in [5.41, 5.74) is 2.40. The fourth-order valence-electron chi connectivity index (χ4n) is 1.51. The molecule has 0 nitrogen and oxygen atoms in total. The number of aryl methyl sites for hydroxylation is 1. The maximum atomic E-state index is 6.04. The Morgan fingerprint density at radius 3 is 2.73 bits per heavy atom. The lowest BCUT2D eigenvalue weighted by Crippen LogP contribution is -1.90. The standard InChI is InChI=1S/C12H10BrClS/c1-8-5-9(7-10(14)6-8)12(13)11-3-2-4-15-11/h2-7,12H,1H3. The van der Waals surface area contributed by atoms with E-state index in [9.17, 15) is 0 Å². The largest absolute Gasteiger partial charge is 0.147 e. The van der Waals surface area contributed by atoms with Gasteiger partial charge in [0.2, 0.25) is 0 Å². The molecule has 0 spiro atoms. The monoisotopic (exact) mass is 300 g/mol. The van der Waals surface area contributed by atoms with Crippen LogP contribution >= 0.6 is 38.9 Å². The van der Waals surface area contributed by atoms with Gasteiger partial charge in [-0.25, -0.2) is 0 Å². The van der Waals surface area contributed by atoms with E-state index in [1.165, 1.54) is 16.0 Å². The number of rotatable bonds is 2. The zero-order valence-electron chi connectivity index (χ0n) is 8.21. The molecule has 0 amide bonds. The number of hydrogen-bond donors (Lipinski definition) is 0. The molecule has 1 aromatic heterocycles. The Hall–Kier alpha value is -0.310. The molecule has 1 aromatic carbocycles. The van der Waals surface area contributed by atoms with Crippen LogP contribution in [0.25, 0.3) is 0 Å². The summed E-state index contributed by atoms with van der Waals surface area (Å²) >= 11 is 11.5. The second-order valence-electron chi connectivity index (χ2n) is 3.44. The molecule has 0 saturated carbocycles. The average Bonchev–Trinajstić information content (AvgIpc) is 2.67. The molecule has 15 heavy (non-hydrogen) atoms. The van der Waals surface area contributed by atoms with Crippen LogP contribution in [0.1, 0.15) is 20.8 Å². The Bertz CT molecular complexity index is 430. The highest BCUT2D eigenvalue weighted by Crippen LogP contribution is 2.35. The molecule has 3 heteroatoms. The van der Waals surface area contributed by atoms with Crippen LogP contribution in [-0.4, -0.2) is 0 Å². The Kier molecular flexibility index (Phi) is 3.49. The molecular formula is C12H10BrClS. The molecule has 0 fully saturated rings. The van der Waals surface area contributed by atoms with Crippen LogP contribution in [-0.2, 0) is 0 Å². The van der Waals surface area contributed by atoms with Gasteiger partial charge < -0.3 is 0 Å². The highest BCUT2D eigenvalue weighted by molar-refractivity contribution is 9.09. The van der Waals surface area contributed by atoms with E-state index in [1.54, 1.807) is 11.3 Å². The van der Waals surface area contributed by atoms with Gasteiger partial charge in [-0.05, 0) is 41.6 Å². The first-order valence-corrected chi connectivity index (χ1v) is 6.79. The van der Waals surface area contributed by atoms with Crippen molar-refractivity contribution in [2.75, 3.05) is 0 Å². The van der Waals surface area contributed by atoms with Crippen LogP contribution in [0.3, 0.4) is 0 Å². The molecule has 0 aliphatic carbocycles. The molecule has 0 bridgehead atoms. The van der Waals surface area contributed by atoms with Gasteiger partial charge in [0.15, 0.2) is 0 Å². The molecule has 0 N–H and O–H groups in total. The Morgan fingerprint density at radius 2 is 2.13 bits per heavy atom. The Balaban J connectivity index is 2.37. The number of hydrogen-bond acceptors (Lipinski definition) is 1. The van der Waals surface area contributed by atoms with Gasteiger partial charge in [-0.15, -0.1) is 11.3 Å². The summed E-state index contributed by atoms with van der Waals surface area (Å²) in [6, 6.07) is 10.3. The highest BCUT2D eigenvalue weighted by Gasteiger charge is 2.11. The van der Waals surface area contributed by atoms with Gasteiger partial charge in [0, 0.05) is 9.90 Å². The number of alkyl halides is 1. The van der Waals surface area contributed by atoms with Crippen LogP contribution in [0.2, 0.25) is 5.02 Å². The third kappa shape index (κ3) is 2.63. The second kappa shape index (κ2) is 4.69. The first-order valence-electron chi connectivity index (χ1n) is 4.61. The van der Waals surface area contributed by atoms with Gasteiger partial charge in [0.05, 0.1) is 4.83 Å². The third-order valence-corrected chi connectivity index (χ3v) is 4.63. The molecule has 0 aliphatic heterocycles. The Morgan fingerprint density at radius 1 is 1.33 bits per heavy atom. The van der Waals surface area contributed by atoms with Crippen molar-refractivity contribution in [2.45, 2.75) is 11.8 Å². The summed E-state index contributed by atoms with van der Waals surface area (Å²) in [5.74, 6) is 0. The predicted octanol–water partition coefficient (Wildman–Crippen LogP) is 5.19. The minimum Gasteiger partial charge on any atom is -0.147 e. The summed E-state index contributed by atoms with van der Waals surface area (Å²) < 4.78 is 0. The van der Waals surface area contributed by atoms with Crippen molar-refractivity contribution >= 4 is 38.9 Å². The second-order valence-corrected chi connectivity index (χ2v) is 5.77. The lowest BCUT2D eigenvalue weighted by Gasteiger charge is -2.09. The quantitative estimate of drug-likeness (QED) is 0.669. The molecule has 78 valence electrons. The van der Waals surface area contributed by atoms with E-state index in [4.69, 9.17) is 11.6 Å². The maximum Gasteiger partial charge on any atom is 0.0738 e. The fourth-order valence-corrected chi connectivity index (χ4v) is 3.28. The van der Waals surface area contributed by atoms with E-state index >= 15 is 0 Å². The van der Waals surface area contributed by atoms with Gasteiger partial charge in [-0.1, -0.05) is 39.7 Å². The molecule has 1 unspecified atom stereocenters. The van der Waals surface area contributed by atoms with Crippen molar-refractivity contribution in [3.8, 4) is 0 Å². The van der Waals surface area contributed by atoms with E-state index in [1.807, 2.05) is 12.1 Å². The first-order chi connectivity index (χ1) is 7.16. The third-order valence-electron chi connectivity index (χ3n) is 2.15. The molecule has 0 aliphatic rings. The molecule has 2 rings (SSSR count). The van der Waals surface area contributed by atoms with E-state index in [2.05, 4.69) is 46.4 Å². The average molecular weight is 302 g/mol. The molecular weight excluding hydrogens is 292 g/mol. The zero-order valence-corrected chi connectivity index (χ0v) is 11.4. The van der Waals surface area contributed by atoms with Crippen molar-refractivity contribution in [3.63, 3.8) is 0 Å². The van der Waals surface area contributed by atoms with Gasteiger partial charge in [0.25, 0.3) is 0 Å². The normalized spacial score (nSPS) is 12.7. The van der Waals surface area contributed by atoms with Crippen molar-refractivity contribution < 1.29 is 0 Å². The number of benzene rings is 1. The predicted molar refractivity (Wildman–Crippen MR) is 71.3 cm³/mol. The van der Waals surface area contributed by atoms with E-state index < -0.39 is 0 Å². The van der Waals surface area contributed by atoms with Crippen LogP contribution in [0.4, 0.5) is 0 Å². The summed E-state index contributed by atoms with van der Waals surface area (Å²) in [6.45, 7) is 2.06. The smallest absolute Gasteiger partial charge is 0.0738 e. The molecule has 2 aromatic rings. The minimum absolute atomic E-state index is 0.245. The maximum absolute atomic E-state index is 6.04. The molecule has 0 radical (unpaired) electrons. The highest BCUT2D eigenvalue weighted by atomic mass is 79.9. The van der Waals surface area contributed by atoms with Crippen molar-refractivity contribution in [1.29, 1.82) is 0 Å². The number of halogens is 2. The summed E-state index contributed by atoms with van der Waals surface area (Å²) in [5, 5.41) is 2.88. The lowest BCUT2D eigenvalue weighted by molar-refractivity contribution is 1.21. The van der Waals surface area contributed by atoms with E-state index in [0.717, 1.165) is 5.02 Å². The van der Waals surface area contributed by atoms with Gasteiger partial charge in [-0.2, -0.15) is 0 Å². The summed E-state index contributed by atoms with van der Waals surface area (Å²) in [6.07, 6.45) is 0. The Labute approximate surface area is 107 Å². The first kappa shape index (κ1) is 11.2.